The summed E-state index contributed by atoms with van der Waals surface area (Å²) in [6.45, 7) is 6.59. The Hall–Kier alpha value is -2.35. The van der Waals surface area contributed by atoms with Crippen molar-refractivity contribution in [2.45, 2.75) is 101 Å². The Morgan fingerprint density at radius 1 is 1.22 bits per heavy atom. The molecule has 2 aliphatic carbocycles. The molecule has 0 unspecified atom stereocenters. The topological polar surface area (TPSA) is 120 Å². The lowest BCUT2D eigenvalue weighted by Crippen LogP contribution is -2.55. The number of aliphatic hydroxyl groups is 1. The van der Waals surface area contributed by atoms with Crippen molar-refractivity contribution in [2.75, 3.05) is 32.8 Å². The van der Waals surface area contributed by atoms with Crippen LogP contribution >= 0.6 is 0 Å². The molecule has 9 heteroatoms. The van der Waals surface area contributed by atoms with E-state index in [9.17, 15) is 4.79 Å². The van der Waals surface area contributed by atoms with E-state index < -0.39 is 11.6 Å². The fourth-order valence-electron chi connectivity index (χ4n) is 6.43. The zero-order valence-corrected chi connectivity index (χ0v) is 22.2. The fourth-order valence-corrected chi connectivity index (χ4v) is 6.43. The number of rotatable bonds is 11. The number of aliphatic imine (C=N–C) groups is 1. The number of ether oxygens (including phenoxy) is 2. The van der Waals surface area contributed by atoms with Crippen LogP contribution in [0.1, 0.15) is 83.5 Å². The number of carbonyl (C=O) groups excluding carboxylic acids is 1. The molecule has 4 aliphatic rings. The average molecular weight is 514 g/mol. The van der Waals surface area contributed by atoms with Crippen LogP contribution in [0.15, 0.2) is 33.9 Å². The summed E-state index contributed by atoms with van der Waals surface area (Å²) in [7, 11) is 0. The Balaban J connectivity index is 1.64. The Labute approximate surface area is 220 Å². The van der Waals surface area contributed by atoms with Crippen molar-refractivity contribution in [3.8, 4) is 0 Å². The number of likely N-dealkylation sites (tertiary alicyclic amines) is 1. The molecule has 0 radical (unpaired) electrons. The number of piperidine rings is 1. The van der Waals surface area contributed by atoms with E-state index in [0.29, 0.717) is 31.9 Å². The first-order valence-corrected chi connectivity index (χ1v) is 14.2. The number of nitrogens with zero attached hydrogens (tertiary/aromatic N) is 5. The Morgan fingerprint density at radius 2 is 1.97 bits per heavy atom. The van der Waals surface area contributed by atoms with Gasteiger partial charge in [0.05, 0.1) is 6.10 Å². The van der Waals surface area contributed by atoms with E-state index in [1.165, 1.54) is 0 Å². The minimum atomic E-state index is -1.04. The van der Waals surface area contributed by atoms with Gasteiger partial charge in [0, 0.05) is 50.1 Å². The Bertz CT molecular complexity index is 914. The number of carbonyl (C=O) groups is 1. The smallest absolute Gasteiger partial charge is 0.255 e. The van der Waals surface area contributed by atoms with E-state index in [2.05, 4.69) is 16.6 Å². The highest BCUT2D eigenvalue weighted by molar-refractivity contribution is 5.95. The molecule has 0 bridgehead atoms. The quantitative estimate of drug-likeness (QED) is 0.133. The van der Waals surface area contributed by atoms with Gasteiger partial charge < -0.3 is 19.5 Å². The number of amides is 1. The van der Waals surface area contributed by atoms with Gasteiger partial charge in [-0.3, -0.25) is 4.79 Å². The third-order valence-corrected chi connectivity index (χ3v) is 8.40. The van der Waals surface area contributed by atoms with Crippen LogP contribution in [0.5, 0.6) is 0 Å². The van der Waals surface area contributed by atoms with Crippen LogP contribution in [0, 0.1) is 5.92 Å². The maximum absolute atomic E-state index is 14.3. The molecule has 204 valence electrons. The zero-order valence-electron chi connectivity index (χ0n) is 22.2. The molecule has 4 rings (SSSR count). The molecule has 0 aromatic rings. The fraction of sp³-hybridized carbons (Fsp3) is 0.786. The zero-order chi connectivity index (χ0) is 26.1. The molecule has 1 N–H and O–H groups in total. The van der Waals surface area contributed by atoms with Gasteiger partial charge in [-0.05, 0) is 88.2 Å². The highest BCUT2D eigenvalue weighted by Crippen LogP contribution is 2.44. The van der Waals surface area contributed by atoms with Crippen LogP contribution in [-0.4, -0.2) is 72.4 Å². The lowest BCUT2D eigenvalue weighted by atomic mass is 9.77. The van der Waals surface area contributed by atoms with E-state index in [-0.39, 0.29) is 24.5 Å². The highest BCUT2D eigenvalue weighted by Gasteiger charge is 2.55. The third-order valence-electron chi connectivity index (χ3n) is 8.40. The van der Waals surface area contributed by atoms with Gasteiger partial charge in [-0.15, -0.1) is 6.58 Å². The van der Waals surface area contributed by atoms with Gasteiger partial charge in [0.2, 0.25) is 0 Å². The molecule has 9 nitrogen and oxygen atoms in total. The van der Waals surface area contributed by atoms with Crippen molar-refractivity contribution in [2.24, 2.45) is 16.0 Å². The van der Waals surface area contributed by atoms with Crippen LogP contribution < -0.4 is 0 Å². The molecule has 2 atom stereocenters. The molecular formula is C28H43N5O4. The van der Waals surface area contributed by atoms with Gasteiger partial charge >= 0.3 is 0 Å². The maximum atomic E-state index is 14.3. The molecule has 0 aromatic carbocycles. The summed E-state index contributed by atoms with van der Waals surface area (Å²) >= 11 is 0. The summed E-state index contributed by atoms with van der Waals surface area (Å²) < 4.78 is 12.7. The average Bonchev–Trinajstić information content (AvgIpc) is 3.33. The van der Waals surface area contributed by atoms with Crippen molar-refractivity contribution in [3.63, 3.8) is 0 Å². The second kappa shape index (κ2) is 13.4. The third kappa shape index (κ3) is 6.39. The molecule has 37 heavy (non-hydrogen) atoms. The van der Waals surface area contributed by atoms with Crippen molar-refractivity contribution in [1.29, 1.82) is 0 Å². The molecule has 0 spiro atoms. The lowest BCUT2D eigenvalue weighted by molar-refractivity contribution is -0.139. The standard InChI is InChI=1S/C28H43N5O4/c1-2-15-28(27(35)33-16-6-3-7-17-33)25(24-10-5-4-9-22(24)20-30-32-29)37-26(31-28)21-11-13-23(14-12-21)36-19-8-18-34/h2,21,23,25,34H,1,3-20H2/t21?,23?,25-,28-/m1/s1. The van der Waals surface area contributed by atoms with Crippen LogP contribution in [0.25, 0.3) is 10.4 Å². The summed E-state index contributed by atoms with van der Waals surface area (Å²) in [6, 6.07) is 0. The molecule has 1 saturated heterocycles. The van der Waals surface area contributed by atoms with Gasteiger partial charge in [-0.25, -0.2) is 4.99 Å². The monoisotopic (exact) mass is 513 g/mol. The second-order valence-corrected chi connectivity index (χ2v) is 10.9. The largest absolute Gasteiger partial charge is 0.470 e. The molecule has 2 heterocycles. The first-order valence-electron chi connectivity index (χ1n) is 14.2. The van der Waals surface area contributed by atoms with E-state index in [0.717, 1.165) is 94.9 Å². The van der Waals surface area contributed by atoms with Crippen molar-refractivity contribution in [1.82, 2.24) is 4.90 Å². The number of hydrogen-bond acceptors (Lipinski definition) is 6. The van der Waals surface area contributed by atoms with Crippen LogP contribution in [-0.2, 0) is 14.3 Å². The number of azide groups is 1. The molecule has 1 amide bonds. The molecule has 2 fully saturated rings. The second-order valence-electron chi connectivity index (χ2n) is 10.9. The lowest BCUT2D eigenvalue weighted by Gasteiger charge is -2.38. The van der Waals surface area contributed by atoms with E-state index >= 15 is 0 Å². The van der Waals surface area contributed by atoms with E-state index in [1.54, 1.807) is 0 Å². The molecule has 2 aliphatic heterocycles. The SMILES string of the molecule is C=CC[C@@]1(C(=O)N2CCCCC2)N=C(C2CCC(OCCCO)CC2)O[C@@H]1C1=C(CN=[N+]=[N-])CCCC1. The Kier molecular flexibility index (Phi) is 10.1. The summed E-state index contributed by atoms with van der Waals surface area (Å²) in [5.74, 6) is 0.910. The molecule has 0 aromatic heterocycles. The van der Waals surface area contributed by atoms with Crippen LogP contribution in [0.4, 0.5) is 0 Å². The molecule has 1 saturated carbocycles. The molecular weight excluding hydrogens is 470 g/mol. The maximum Gasteiger partial charge on any atom is 0.255 e. The van der Waals surface area contributed by atoms with Gasteiger partial charge in [-0.1, -0.05) is 16.8 Å². The van der Waals surface area contributed by atoms with Crippen LogP contribution in [0.3, 0.4) is 0 Å². The van der Waals surface area contributed by atoms with Crippen molar-refractivity contribution < 1.29 is 19.4 Å². The van der Waals surface area contributed by atoms with Crippen molar-refractivity contribution in [3.05, 3.63) is 34.2 Å². The summed E-state index contributed by atoms with van der Waals surface area (Å²) in [5.41, 5.74) is 10.1. The Morgan fingerprint density at radius 3 is 2.68 bits per heavy atom. The van der Waals surface area contributed by atoms with Crippen molar-refractivity contribution >= 4 is 11.8 Å². The van der Waals surface area contributed by atoms with Gasteiger partial charge in [-0.2, -0.15) is 0 Å². The summed E-state index contributed by atoms with van der Waals surface area (Å²) in [6.07, 6.45) is 13.2. The van der Waals surface area contributed by atoms with E-state index in [1.807, 2.05) is 11.0 Å². The first kappa shape index (κ1) is 27.7. The highest BCUT2D eigenvalue weighted by atomic mass is 16.5. The first-order chi connectivity index (χ1) is 18.1. The minimum Gasteiger partial charge on any atom is -0.470 e. The summed E-state index contributed by atoms with van der Waals surface area (Å²) in [5, 5.41) is 12.9. The van der Waals surface area contributed by atoms with Crippen LogP contribution in [0.2, 0.25) is 0 Å². The minimum absolute atomic E-state index is 0.0503. The predicted molar refractivity (Wildman–Crippen MR) is 143 cm³/mol. The number of hydrogen-bond donors (Lipinski definition) is 1. The summed E-state index contributed by atoms with van der Waals surface area (Å²) in [4.78, 5) is 24.4. The van der Waals surface area contributed by atoms with Gasteiger partial charge in [0.25, 0.3) is 5.91 Å². The number of aliphatic hydroxyl groups excluding tert-OH is 1. The van der Waals surface area contributed by atoms with E-state index in [4.69, 9.17) is 25.1 Å². The van der Waals surface area contributed by atoms with Gasteiger partial charge in [0.15, 0.2) is 17.5 Å². The van der Waals surface area contributed by atoms with Gasteiger partial charge in [0.1, 0.15) is 0 Å². The predicted octanol–water partition coefficient (Wildman–Crippen LogP) is 5.25. The normalized spacial score (nSPS) is 30.4.